The molecule has 0 amide bonds. The first-order chi connectivity index (χ1) is 8.09. The van der Waals surface area contributed by atoms with Crippen molar-refractivity contribution >= 4 is 5.97 Å². The average Bonchev–Trinajstić information content (AvgIpc) is 2.78. The maximum absolute atomic E-state index is 10.7. The van der Waals surface area contributed by atoms with Gasteiger partial charge < -0.3 is 14.6 Å². The van der Waals surface area contributed by atoms with Crippen LogP contribution in [0.1, 0.15) is 33.7 Å². The third-order valence-corrected chi connectivity index (χ3v) is 2.45. The van der Waals surface area contributed by atoms with E-state index in [1.165, 1.54) is 12.1 Å². The van der Waals surface area contributed by atoms with Crippen LogP contribution in [-0.4, -0.2) is 21.2 Å². The Morgan fingerprint density at radius 2 is 2.18 bits per heavy atom. The first kappa shape index (κ1) is 11.3. The second-order valence-corrected chi connectivity index (χ2v) is 3.59. The lowest BCUT2D eigenvalue weighted by molar-refractivity contribution is 0.0655. The second-order valence-electron chi connectivity index (χ2n) is 3.59. The normalized spacial score (nSPS) is 12.4. The van der Waals surface area contributed by atoms with Crippen LogP contribution >= 0.6 is 0 Å². The van der Waals surface area contributed by atoms with Gasteiger partial charge in [0.15, 0.2) is 0 Å². The smallest absolute Gasteiger partial charge is 0.371 e. The molecule has 2 rings (SSSR count). The fraction of sp³-hybridized carbons (Fsp3) is 0.167. The van der Waals surface area contributed by atoms with Crippen molar-refractivity contribution in [2.24, 2.45) is 0 Å². The van der Waals surface area contributed by atoms with Crippen LogP contribution < -0.4 is 0 Å². The fourth-order valence-corrected chi connectivity index (χ4v) is 1.55. The number of aliphatic hydroxyl groups is 1. The lowest BCUT2D eigenvalue weighted by Crippen LogP contribution is -2.02. The van der Waals surface area contributed by atoms with Crippen molar-refractivity contribution in [1.29, 1.82) is 0 Å². The van der Waals surface area contributed by atoms with Crippen molar-refractivity contribution in [2.45, 2.75) is 13.0 Å². The fourth-order valence-electron chi connectivity index (χ4n) is 1.55. The van der Waals surface area contributed by atoms with Gasteiger partial charge in [-0.2, -0.15) is 0 Å². The minimum atomic E-state index is -1.16. The zero-order valence-electron chi connectivity index (χ0n) is 9.12. The summed E-state index contributed by atoms with van der Waals surface area (Å²) < 4.78 is 5.04. The topological polar surface area (TPSA) is 83.6 Å². The monoisotopic (exact) mass is 233 g/mol. The second kappa shape index (κ2) is 4.39. The summed E-state index contributed by atoms with van der Waals surface area (Å²) in [5.41, 5.74) is 1.27. The summed E-state index contributed by atoms with van der Waals surface area (Å²) in [6, 6.07) is 6.18. The number of rotatable bonds is 3. The number of furan rings is 1. The molecule has 0 aromatic carbocycles. The maximum Gasteiger partial charge on any atom is 0.371 e. The Balaban J connectivity index is 2.34. The number of hydrogen-bond acceptors (Lipinski definition) is 4. The van der Waals surface area contributed by atoms with E-state index in [1.807, 2.05) is 0 Å². The molecular formula is C12H11NO4. The summed E-state index contributed by atoms with van der Waals surface area (Å²) in [5, 5.41) is 18.8. The van der Waals surface area contributed by atoms with Gasteiger partial charge in [-0.3, -0.25) is 4.98 Å². The van der Waals surface area contributed by atoms with Crippen LogP contribution in [0.4, 0.5) is 0 Å². The molecule has 0 radical (unpaired) electrons. The molecule has 17 heavy (non-hydrogen) atoms. The highest BCUT2D eigenvalue weighted by Gasteiger charge is 2.18. The highest BCUT2D eigenvalue weighted by atomic mass is 16.4. The molecule has 0 saturated carbocycles. The number of aryl methyl sites for hydroxylation is 1. The van der Waals surface area contributed by atoms with Crippen molar-refractivity contribution in [3.63, 3.8) is 0 Å². The van der Waals surface area contributed by atoms with Crippen LogP contribution in [0.2, 0.25) is 0 Å². The highest BCUT2D eigenvalue weighted by molar-refractivity contribution is 5.84. The van der Waals surface area contributed by atoms with Crippen LogP contribution in [0.5, 0.6) is 0 Å². The Labute approximate surface area is 97.3 Å². The molecule has 0 bridgehead atoms. The lowest BCUT2D eigenvalue weighted by Gasteiger charge is -2.09. The first-order valence-corrected chi connectivity index (χ1v) is 5.02. The molecule has 5 heteroatoms. The van der Waals surface area contributed by atoms with Crippen LogP contribution in [0, 0.1) is 6.92 Å². The first-order valence-electron chi connectivity index (χ1n) is 5.02. The van der Waals surface area contributed by atoms with Crippen molar-refractivity contribution < 1.29 is 19.4 Å². The minimum Gasteiger partial charge on any atom is -0.475 e. The van der Waals surface area contributed by atoms with Gasteiger partial charge in [-0.25, -0.2) is 4.79 Å². The van der Waals surface area contributed by atoms with E-state index in [0.29, 0.717) is 11.3 Å². The Kier molecular flexibility index (Phi) is 2.93. The molecule has 0 fully saturated rings. The van der Waals surface area contributed by atoms with Gasteiger partial charge in [-0.1, -0.05) is 6.07 Å². The maximum atomic E-state index is 10.7. The number of aromatic carboxylic acids is 1. The number of nitrogens with zero attached hydrogens (tertiary/aromatic N) is 1. The number of aliphatic hydroxyl groups excluding tert-OH is 1. The van der Waals surface area contributed by atoms with E-state index in [0.717, 1.165) is 0 Å². The van der Waals surface area contributed by atoms with E-state index < -0.39 is 12.1 Å². The predicted molar refractivity (Wildman–Crippen MR) is 58.7 cm³/mol. The van der Waals surface area contributed by atoms with Gasteiger partial charge in [-0.05, 0) is 25.1 Å². The Morgan fingerprint density at radius 3 is 2.76 bits per heavy atom. The predicted octanol–water partition coefficient (Wildman–Crippen LogP) is 1.76. The molecule has 2 aromatic heterocycles. The summed E-state index contributed by atoms with van der Waals surface area (Å²) in [7, 11) is 0. The number of carboxylic acid groups (broad SMARTS) is 1. The van der Waals surface area contributed by atoms with Crippen LogP contribution in [0.15, 0.2) is 34.9 Å². The average molecular weight is 233 g/mol. The van der Waals surface area contributed by atoms with E-state index in [1.54, 1.807) is 25.3 Å². The van der Waals surface area contributed by atoms with Gasteiger partial charge in [0.05, 0.1) is 0 Å². The number of carbonyl (C=O) groups is 1. The van der Waals surface area contributed by atoms with Gasteiger partial charge in [0, 0.05) is 17.5 Å². The molecule has 0 aliphatic carbocycles. The molecule has 1 unspecified atom stereocenters. The molecule has 0 saturated heterocycles. The third kappa shape index (κ3) is 2.19. The quantitative estimate of drug-likeness (QED) is 0.843. The van der Waals surface area contributed by atoms with E-state index in [-0.39, 0.29) is 11.5 Å². The molecule has 0 aliphatic heterocycles. The van der Waals surface area contributed by atoms with Crippen LogP contribution in [-0.2, 0) is 0 Å². The molecule has 0 spiro atoms. The molecule has 0 aliphatic rings. The molecule has 5 nitrogen and oxygen atoms in total. The third-order valence-electron chi connectivity index (χ3n) is 2.45. The van der Waals surface area contributed by atoms with Crippen molar-refractivity contribution in [1.82, 2.24) is 4.98 Å². The summed E-state index contributed by atoms with van der Waals surface area (Å²) in [6.07, 6.45) is 0.618. The summed E-state index contributed by atoms with van der Waals surface area (Å²) in [6.45, 7) is 1.76. The molecular weight excluding hydrogens is 222 g/mol. The van der Waals surface area contributed by atoms with Gasteiger partial charge in [0.2, 0.25) is 5.76 Å². The number of aromatic nitrogens is 1. The van der Waals surface area contributed by atoms with Crippen molar-refractivity contribution in [3.05, 3.63) is 53.2 Å². The van der Waals surface area contributed by atoms with Crippen LogP contribution in [0.25, 0.3) is 0 Å². The summed E-state index contributed by atoms with van der Waals surface area (Å²) >= 11 is 0. The molecule has 2 aromatic rings. The zero-order valence-corrected chi connectivity index (χ0v) is 9.12. The molecule has 88 valence electrons. The summed E-state index contributed by atoms with van der Waals surface area (Å²) in [4.78, 5) is 14.7. The van der Waals surface area contributed by atoms with Gasteiger partial charge in [-0.15, -0.1) is 0 Å². The lowest BCUT2D eigenvalue weighted by atomic mass is 10.1. The number of carboxylic acids is 1. The van der Waals surface area contributed by atoms with E-state index >= 15 is 0 Å². The van der Waals surface area contributed by atoms with Crippen molar-refractivity contribution in [2.75, 3.05) is 0 Å². The molecule has 2 heterocycles. The van der Waals surface area contributed by atoms with E-state index in [4.69, 9.17) is 9.52 Å². The van der Waals surface area contributed by atoms with Gasteiger partial charge >= 0.3 is 5.97 Å². The molecule has 2 N–H and O–H groups in total. The van der Waals surface area contributed by atoms with Gasteiger partial charge in [0.1, 0.15) is 11.9 Å². The Hall–Kier alpha value is -2.14. The number of pyridine rings is 1. The Bertz CT molecular complexity index is 547. The SMILES string of the molecule is Cc1ncccc1C(O)c1ccc(C(=O)O)o1. The van der Waals surface area contributed by atoms with Crippen molar-refractivity contribution in [3.8, 4) is 0 Å². The molecule has 1 atom stereocenters. The van der Waals surface area contributed by atoms with E-state index in [2.05, 4.69) is 4.98 Å². The summed E-state index contributed by atoms with van der Waals surface area (Å²) in [5.74, 6) is -1.16. The zero-order chi connectivity index (χ0) is 12.4. The number of hydrogen-bond donors (Lipinski definition) is 2. The Morgan fingerprint density at radius 1 is 1.41 bits per heavy atom. The standard InChI is InChI=1S/C12H11NO4/c1-7-8(3-2-6-13-7)11(14)9-4-5-10(17-9)12(15)16/h2-6,11,14H,1H3,(H,15,16). The van der Waals surface area contributed by atoms with Crippen LogP contribution in [0.3, 0.4) is 0 Å². The van der Waals surface area contributed by atoms with Gasteiger partial charge in [0.25, 0.3) is 0 Å². The van der Waals surface area contributed by atoms with E-state index in [9.17, 15) is 9.90 Å². The minimum absolute atomic E-state index is 0.193. The largest absolute Gasteiger partial charge is 0.475 e. The highest BCUT2D eigenvalue weighted by Crippen LogP contribution is 2.25.